The quantitative estimate of drug-likeness (QED) is 0.694. The molecule has 2 aromatic rings. The van der Waals surface area contributed by atoms with E-state index in [1.165, 1.54) is 25.5 Å². The number of rotatable bonds is 6. The molecule has 1 aromatic carbocycles. The molecule has 0 bridgehead atoms. The number of carbonyl (C=O) groups is 1. The van der Waals surface area contributed by atoms with Crippen LogP contribution in [0.2, 0.25) is 0 Å². The van der Waals surface area contributed by atoms with Crippen LogP contribution in [0.15, 0.2) is 29.3 Å². The Morgan fingerprint density at radius 3 is 2.52 bits per heavy atom. The first-order valence-electron chi connectivity index (χ1n) is 9.53. The van der Waals surface area contributed by atoms with Crippen molar-refractivity contribution in [3.63, 3.8) is 0 Å². The fourth-order valence-corrected chi connectivity index (χ4v) is 3.38. The Balaban J connectivity index is 1.96. The number of amides is 1. The number of piperazine rings is 1. The molecule has 2 heterocycles. The molecule has 166 valence electrons. The van der Waals surface area contributed by atoms with Crippen molar-refractivity contribution >= 4 is 17.9 Å². The van der Waals surface area contributed by atoms with E-state index >= 15 is 0 Å². The van der Waals surface area contributed by atoms with Crippen LogP contribution in [0.5, 0.6) is 5.75 Å². The van der Waals surface area contributed by atoms with Crippen LogP contribution in [-0.4, -0.2) is 73.9 Å². The minimum Gasteiger partial charge on any atom is -0.496 e. The molecule has 0 atom stereocenters. The van der Waals surface area contributed by atoms with Crippen molar-refractivity contribution in [1.29, 1.82) is 0 Å². The predicted molar refractivity (Wildman–Crippen MR) is 110 cm³/mol. The number of benzene rings is 1. The fourth-order valence-electron chi connectivity index (χ4n) is 3.38. The molecule has 1 aromatic heterocycles. The zero-order valence-corrected chi connectivity index (χ0v) is 17.2. The van der Waals surface area contributed by atoms with E-state index in [1.807, 2.05) is 9.80 Å². The second kappa shape index (κ2) is 9.29. The van der Waals surface area contributed by atoms with Crippen molar-refractivity contribution in [2.75, 3.05) is 51.8 Å². The number of halogens is 3. The summed E-state index contributed by atoms with van der Waals surface area (Å²) in [4.78, 5) is 27.8. The van der Waals surface area contributed by atoms with Crippen molar-refractivity contribution in [1.82, 2.24) is 14.9 Å². The largest absolute Gasteiger partial charge is 0.496 e. The number of carbonyl (C=O) groups excluding carboxylic acids is 1. The second-order valence-corrected chi connectivity index (χ2v) is 7.00. The van der Waals surface area contributed by atoms with Crippen LogP contribution in [0.4, 0.5) is 19.0 Å². The van der Waals surface area contributed by atoms with Crippen LogP contribution in [-0.2, 0) is 11.0 Å². The number of hydrogen-bond donors (Lipinski definition) is 1. The zero-order chi connectivity index (χ0) is 22.6. The van der Waals surface area contributed by atoms with Crippen molar-refractivity contribution < 1.29 is 22.7 Å². The summed E-state index contributed by atoms with van der Waals surface area (Å²) in [5.41, 5.74) is 5.00. The van der Waals surface area contributed by atoms with Gasteiger partial charge in [-0.1, -0.05) is 0 Å². The van der Waals surface area contributed by atoms with E-state index in [1.54, 1.807) is 13.1 Å². The molecule has 1 saturated heterocycles. The third kappa shape index (κ3) is 5.48. The van der Waals surface area contributed by atoms with Crippen LogP contribution >= 0.6 is 0 Å². The summed E-state index contributed by atoms with van der Waals surface area (Å²) in [6.45, 7) is 2.58. The Morgan fingerprint density at radius 1 is 1.23 bits per heavy atom. The third-order valence-electron chi connectivity index (χ3n) is 4.85. The molecule has 0 radical (unpaired) electrons. The molecule has 1 fully saturated rings. The van der Waals surface area contributed by atoms with Gasteiger partial charge in [-0.15, -0.1) is 0 Å². The minimum absolute atomic E-state index is 0.183. The van der Waals surface area contributed by atoms with Gasteiger partial charge in [-0.05, 0) is 18.2 Å². The monoisotopic (exact) mass is 436 g/mol. The average molecular weight is 436 g/mol. The third-order valence-corrected chi connectivity index (χ3v) is 4.85. The van der Waals surface area contributed by atoms with Gasteiger partial charge in [0.2, 0.25) is 5.91 Å². The summed E-state index contributed by atoms with van der Waals surface area (Å²) >= 11 is 0. The highest BCUT2D eigenvalue weighted by Gasteiger charge is 2.34. The maximum Gasteiger partial charge on any atom is 0.419 e. The van der Waals surface area contributed by atoms with E-state index in [9.17, 15) is 18.0 Å². The minimum atomic E-state index is -4.57. The molecule has 11 heteroatoms. The Bertz CT molecular complexity index is 972. The summed E-state index contributed by atoms with van der Waals surface area (Å²) < 4.78 is 45.2. The zero-order valence-electron chi connectivity index (χ0n) is 17.2. The molecule has 0 saturated carbocycles. The van der Waals surface area contributed by atoms with E-state index in [-0.39, 0.29) is 23.8 Å². The molecule has 8 nitrogen and oxygen atoms in total. The lowest BCUT2D eigenvalue weighted by Crippen LogP contribution is -2.49. The predicted octanol–water partition coefficient (Wildman–Crippen LogP) is 1.83. The van der Waals surface area contributed by atoms with E-state index in [0.29, 0.717) is 43.5 Å². The van der Waals surface area contributed by atoms with Gasteiger partial charge in [0.25, 0.3) is 0 Å². The number of methoxy groups -OCH3 is 1. The lowest BCUT2D eigenvalue weighted by molar-refractivity contribution is -0.138. The number of aromatic nitrogens is 2. The van der Waals surface area contributed by atoms with E-state index in [2.05, 4.69) is 15.0 Å². The smallest absolute Gasteiger partial charge is 0.419 e. The number of primary amides is 1. The Hall–Kier alpha value is -3.21. The van der Waals surface area contributed by atoms with Crippen LogP contribution < -0.4 is 15.4 Å². The summed E-state index contributed by atoms with van der Waals surface area (Å²) in [5, 5.41) is 0. The van der Waals surface area contributed by atoms with E-state index in [0.717, 1.165) is 6.07 Å². The van der Waals surface area contributed by atoms with Gasteiger partial charge in [-0.25, -0.2) is 9.97 Å². The molecular formula is C20H23F3N6O2. The maximum atomic E-state index is 13.4. The first-order valence-corrected chi connectivity index (χ1v) is 9.53. The highest BCUT2D eigenvalue weighted by atomic mass is 19.4. The molecule has 0 unspecified atom stereocenters. The fraction of sp³-hybridized carbons (Fsp3) is 0.400. The van der Waals surface area contributed by atoms with Gasteiger partial charge in [0.15, 0.2) is 5.82 Å². The Labute approximate surface area is 177 Å². The van der Waals surface area contributed by atoms with Crippen LogP contribution in [0.3, 0.4) is 0 Å². The van der Waals surface area contributed by atoms with Crippen molar-refractivity contribution in [2.45, 2.75) is 6.18 Å². The molecule has 3 rings (SSSR count). The summed E-state index contributed by atoms with van der Waals surface area (Å²) in [7, 11) is 2.76. The molecule has 1 aliphatic rings. The molecule has 1 aliphatic heterocycles. The normalized spacial score (nSPS) is 15.5. The van der Waals surface area contributed by atoms with Crippen molar-refractivity contribution in [3.8, 4) is 17.0 Å². The van der Waals surface area contributed by atoms with Gasteiger partial charge >= 0.3 is 6.18 Å². The van der Waals surface area contributed by atoms with Crippen molar-refractivity contribution in [2.24, 2.45) is 10.7 Å². The number of hydrogen-bond acceptors (Lipinski definition) is 7. The van der Waals surface area contributed by atoms with Gasteiger partial charge in [0.05, 0.1) is 31.1 Å². The number of anilines is 1. The van der Waals surface area contributed by atoms with Gasteiger partial charge in [-0.3, -0.25) is 14.7 Å². The molecular weight excluding hydrogens is 413 g/mol. The summed E-state index contributed by atoms with van der Waals surface area (Å²) in [6, 6.07) is 5.47. The van der Waals surface area contributed by atoms with Gasteiger partial charge in [-0.2, -0.15) is 13.2 Å². The van der Waals surface area contributed by atoms with Crippen LogP contribution in [0.25, 0.3) is 11.3 Å². The maximum absolute atomic E-state index is 13.4. The standard InChI is InChI=1S/C20H23F3N6O2/c1-25-11-18-26-15(13-3-4-16(31-2)14(9-13)20(21,22)23)10-19(27-18)29-7-5-28(6-8-29)12-17(24)30/h3-4,9-11H,5-8,12H2,1-2H3,(H2,24,30). The average Bonchev–Trinajstić information content (AvgIpc) is 2.73. The lowest BCUT2D eigenvalue weighted by Gasteiger charge is -2.34. The summed E-state index contributed by atoms with van der Waals surface area (Å²) in [5.74, 6) is 0.215. The number of nitrogens with zero attached hydrogens (tertiary/aromatic N) is 5. The molecule has 31 heavy (non-hydrogen) atoms. The first kappa shape index (κ1) is 22.5. The van der Waals surface area contributed by atoms with Gasteiger partial charge in [0.1, 0.15) is 11.6 Å². The molecule has 2 N–H and O–H groups in total. The van der Waals surface area contributed by atoms with Gasteiger partial charge in [0, 0.05) is 44.9 Å². The number of aliphatic imine (C=N–C) groups is 1. The number of ether oxygens (including phenoxy) is 1. The SMILES string of the molecule is CN=Cc1nc(-c2ccc(OC)c(C(F)(F)F)c2)cc(N2CCN(CC(N)=O)CC2)n1. The summed E-state index contributed by atoms with van der Waals surface area (Å²) in [6.07, 6.45) is -3.12. The molecule has 0 aliphatic carbocycles. The highest BCUT2D eigenvalue weighted by molar-refractivity contribution is 5.78. The number of nitrogens with two attached hydrogens (primary N) is 1. The lowest BCUT2D eigenvalue weighted by atomic mass is 10.1. The molecule has 0 spiro atoms. The van der Waals surface area contributed by atoms with Crippen LogP contribution in [0.1, 0.15) is 11.4 Å². The van der Waals surface area contributed by atoms with E-state index in [4.69, 9.17) is 10.5 Å². The van der Waals surface area contributed by atoms with Gasteiger partial charge < -0.3 is 15.4 Å². The second-order valence-electron chi connectivity index (χ2n) is 7.00. The van der Waals surface area contributed by atoms with Crippen LogP contribution in [0, 0.1) is 0 Å². The highest BCUT2D eigenvalue weighted by Crippen LogP contribution is 2.38. The first-order chi connectivity index (χ1) is 14.7. The van der Waals surface area contributed by atoms with E-state index < -0.39 is 11.7 Å². The number of alkyl halides is 3. The van der Waals surface area contributed by atoms with Crippen molar-refractivity contribution in [3.05, 3.63) is 35.7 Å². The molecule has 1 amide bonds. The Kier molecular flexibility index (Phi) is 6.74. The Morgan fingerprint density at radius 2 is 1.94 bits per heavy atom. The topological polar surface area (TPSA) is 96.9 Å².